The van der Waals surface area contributed by atoms with Crippen LogP contribution in [0, 0.1) is 5.41 Å². The van der Waals surface area contributed by atoms with Gasteiger partial charge in [0.1, 0.15) is 5.82 Å². The second kappa shape index (κ2) is 5.75. The van der Waals surface area contributed by atoms with Crippen molar-refractivity contribution in [1.29, 1.82) is 0 Å². The van der Waals surface area contributed by atoms with Crippen LogP contribution in [0.5, 0.6) is 0 Å². The zero-order valence-electron chi connectivity index (χ0n) is 11.8. The van der Waals surface area contributed by atoms with Crippen molar-refractivity contribution in [2.24, 2.45) is 5.41 Å². The number of aryl methyl sites for hydroxylation is 1. The molecule has 1 spiro atoms. The molecule has 0 aliphatic carbocycles. The summed E-state index contributed by atoms with van der Waals surface area (Å²) >= 11 is 1.59. The van der Waals surface area contributed by atoms with Crippen LogP contribution < -0.4 is 10.2 Å². The molecule has 4 nitrogen and oxygen atoms in total. The van der Waals surface area contributed by atoms with Gasteiger partial charge in [-0.3, -0.25) is 0 Å². The Morgan fingerprint density at radius 3 is 3.05 bits per heavy atom. The van der Waals surface area contributed by atoms with Crippen molar-refractivity contribution in [2.45, 2.75) is 45.4 Å². The molecule has 0 aromatic carbocycles. The Hall–Kier alpha value is -0.680. The Morgan fingerprint density at radius 1 is 1.37 bits per heavy atom. The average Bonchev–Trinajstić information content (AvgIpc) is 2.89. The highest BCUT2D eigenvalue weighted by molar-refractivity contribution is 7.09. The number of anilines is 1. The predicted octanol–water partition coefficient (Wildman–Crippen LogP) is 2.46. The van der Waals surface area contributed by atoms with Gasteiger partial charge in [-0.25, -0.2) is 4.98 Å². The fourth-order valence-electron chi connectivity index (χ4n) is 3.45. The smallest absolute Gasteiger partial charge is 0.205 e. The van der Waals surface area contributed by atoms with Crippen LogP contribution in [-0.4, -0.2) is 35.5 Å². The SMILES string of the molecule is CCCc1nsc(N2CCCC3(CCCNC3)C2)n1. The summed E-state index contributed by atoms with van der Waals surface area (Å²) in [7, 11) is 0. The number of nitrogens with one attached hydrogen (secondary N) is 1. The van der Waals surface area contributed by atoms with E-state index in [2.05, 4.69) is 21.5 Å². The predicted molar refractivity (Wildman–Crippen MR) is 79.9 cm³/mol. The summed E-state index contributed by atoms with van der Waals surface area (Å²) in [5.41, 5.74) is 0.493. The van der Waals surface area contributed by atoms with Crippen LogP contribution in [-0.2, 0) is 6.42 Å². The lowest BCUT2D eigenvalue weighted by molar-refractivity contribution is 0.173. The summed E-state index contributed by atoms with van der Waals surface area (Å²) in [6, 6.07) is 0. The topological polar surface area (TPSA) is 41.1 Å². The van der Waals surface area contributed by atoms with Gasteiger partial charge in [0.05, 0.1) is 0 Å². The normalized spacial score (nSPS) is 27.9. The van der Waals surface area contributed by atoms with E-state index in [0.29, 0.717) is 5.41 Å². The summed E-state index contributed by atoms with van der Waals surface area (Å²) in [5.74, 6) is 1.03. The number of nitrogens with zero attached hydrogens (tertiary/aromatic N) is 3. The second-order valence-corrected chi connectivity index (χ2v) is 6.78. The third kappa shape index (κ3) is 2.92. The first kappa shape index (κ1) is 13.3. The molecule has 2 saturated heterocycles. The van der Waals surface area contributed by atoms with Gasteiger partial charge in [-0.1, -0.05) is 6.92 Å². The number of aromatic nitrogens is 2. The molecule has 2 aliphatic rings. The first-order valence-corrected chi connectivity index (χ1v) is 8.37. The Balaban J connectivity index is 1.69. The van der Waals surface area contributed by atoms with Crippen molar-refractivity contribution in [3.8, 4) is 0 Å². The van der Waals surface area contributed by atoms with Gasteiger partial charge in [-0.2, -0.15) is 4.37 Å². The van der Waals surface area contributed by atoms with E-state index in [-0.39, 0.29) is 0 Å². The number of rotatable bonds is 3. The van der Waals surface area contributed by atoms with E-state index in [1.54, 1.807) is 11.5 Å². The van der Waals surface area contributed by atoms with E-state index < -0.39 is 0 Å². The molecule has 3 rings (SSSR count). The highest BCUT2D eigenvalue weighted by Crippen LogP contribution is 2.37. The molecular weight excluding hydrogens is 256 g/mol. The lowest BCUT2D eigenvalue weighted by Gasteiger charge is -2.45. The zero-order valence-corrected chi connectivity index (χ0v) is 12.6. The van der Waals surface area contributed by atoms with Crippen LogP contribution in [0.15, 0.2) is 0 Å². The molecule has 3 heterocycles. The minimum atomic E-state index is 0.493. The Labute approximate surface area is 119 Å². The molecule has 0 radical (unpaired) electrons. The van der Waals surface area contributed by atoms with E-state index >= 15 is 0 Å². The summed E-state index contributed by atoms with van der Waals surface area (Å²) < 4.78 is 4.49. The van der Waals surface area contributed by atoms with Crippen LogP contribution in [0.2, 0.25) is 0 Å². The van der Waals surface area contributed by atoms with Crippen molar-refractivity contribution < 1.29 is 0 Å². The maximum absolute atomic E-state index is 4.71. The average molecular weight is 280 g/mol. The molecular formula is C14H24N4S. The third-order valence-corrected chi connectivity index (χ3v) is 5.24. The number of hydrogen-bond donors (Lipinski definition) is 1. The lowest BCUT2D eigenvalue weighted by atomic mass is 9.74. The van der Waals surface area contributed by atoms with Crippen molar-refractivity contribution in [2.75, 3.05) is 31.1 Å². The summed E-state index contributed by atoms with van der Waals surface area (Å²) in [5, 5.41) is 4.73. The van der Waals surface area contributed by atoms with Gasteiger partial charge in [0.2, 0.25) is 5.13 Å². The first-order valence-electron chi connectivity index (χ1n) is 7.60. The molecule has 2 fully saturated rings. The van der Waals surface area contributed by atoms with Gasteiger partial charge in [-0.15, -0.1) is 0 Å². The van der Waals surface area contributed by atoms with Crippen LogP contribution >= 0.6 is 11.5 Å². The summed E-state index contributed by atoms with van der Waals surface area (Å²) in [6.07, 6.45) is 7.50. The van der Waals surface area contributed by atoms with Gasteiger partial charge in [0.15, 0.2) is 0 Å². The molecule has 0 amide bonds. The highest BCUT2D eigenvalue weighted by Gasteiger charge is 2.37. The van der Waals surface area contributed by atoms with Gasteiger partial charge < -0.3 is 10.2 Å². The molecule has 0 bridgehead atoms. The first-order chi connectivity index (χ1) is 9.31. The fraction of sp³-hybridized carbons (Fsp3) is 0.857. The van der Waals surface area contributed by atoms with Crippen molar-refractivity contribution in [3.05, 3.63) is 5.82 Å². The molecule has 2 aliphatic heterocycles. The molecule has 1 aromatic heterocycles. The second-order valence-electron chi connectivity index (χ2n) is 6.05. The molecule has 1 aromatic rings. The largest absolute Gasteiger partial charge is 0.346 e. The molecule has 106 valence electrons. The summed E-state index contributed by atoms with van der Waals surface area (Å²) in [6.45, 7) is 6.89. The Morgan fingerprint density at radius 2 is 2.26 bits per heavy atom. The van der Waals surface area contributed by atoms with E-state index in [0.717, 1.165) is 30.3 Å². The molecule has 1 N–H and O–H groups in total. The standard InChI is InChI=1S/C14H24N4S/c1-2-5-12-16-13(19-17-12)18-9-4-7-14(11-18)6-3-8-15-10-14/h15H,2-11H2,1H3. The van der Waals surface area contributed by atoms with Crippen LogP contribution in [0.1, 0.15) is 44.9 Å². The fourth-order valence-corrected chi connectivity index (χ4v) is 4.18. The lowest BCUT2D eigenvalue weighted by Crippen LogP contribution is -2.51. The zero-order chi connectivity index (χ0) is 13.1. The van der Waals surface area contributed by atoms with E-state index in [1.807, 2.05) is 0 Å². The van der Waals surface area contributed by atoms with Crippen LogP contribution in [0.4, 0.5) is 5.13 Å². The number of piperidine rings is 2. The molecule has 1 atom stereocenters. The minimum absolute atomic E-state index is 0.493. The van der Waals surface area contributed by atoms with Crippen LogP contribution in [0.25, 0.3) is 0 Å². The maximum atomic E-state index is 4.71. The van der Waals surface area contributed by atoms with E-state index in [1.165, 1.54) is 45.3 Å². The van der Waals surface area contributed by atoms with Gasteiger partial charge >= 0.3 is 0 Å². The van der Waals surface area contributed by atoms with Gasteiger partial charge in [-0.05, 0) is 38.6 Å². The van der Waals surface area contributed by atoms with E-state index in [9.17, 15) is 0 Å². The van der Waals surface area contributed by atoms with Crippen molar-refractivity contribution in [1.82, 2.24) is 14.7 Å². The highest BCUT2D eigenvalue weighted by atomic mass is 32.1. The van der Waals surface area contributed by atoms with Gasteiger partial charge in [0, 0.05) is 43.0 Å². The molecule has 1 unspecified atom stereocenters. The minimum Gasteiger partial charge on any atom is -0.346 e. The van der Waals surface area contributed by atoms with Gasteiger partial charge in [0.25, 0.3) is 0 Å². The van der Waals surface area contributed by atoms with Crippen molar-refractivity contribution >= 4 is 16.7 Å². The number of hydrogen-bond acceptors (Lipinski definition) is 5. The molecule has 19 heavy (non-hydrogen) atoms. The van der Waals surface area contributed by atoms with Crippen molar-refractivity contribution in [3.63, 3.8) is 0 Å². The van der Waals surface area contributed by atoms with E-state index in [4.69, 9.17) is 4.98 Å². The quantitative estimate of drug-likeness (QED) is 0.923. The third-order valence-electron chi connectivity index (χ3n) is 4.42. The van der Waals surface area contributed by atoms with Crippen LogP contribution in [0.3, 0.4) is 0 Å². The molecule has 0 saturated carbocycles. The Bertz CT molecular complexity index is 406. The monoisotopic (exact) mass is 280 g/mol. The summed E-state index contributed by atoms with van der Waals surface area (Å²) in [4.78, 5) is 7.19. The maximum Gasteiger partial charge on any atom is 0.205 e. The molecule has 5 heteroatoms. The Kier molecular flexibility index (Phi) is 4.03.